The zero-order valence-corrected chi connectivity index (χ0v) is 13.3. The SMILES string of the molecule is COc1cc(OC)c2c(-c3ccc(C(F)(F)F)cc3)c(C)oc2c1. The van der Waals surface area contributed by atoms with E-state index in [2.05, 4.69) is 0 Å². The molecule has 0 aliphatic carbocycles. The molecule has 0 radical (unpaired) electrons. The Morgan fingerprint density at radius 1 is 0.958 bits per heavy atom. The van der Waals surface area contributed by atoms with Crippen LogP contribution in [-0.4, -0.2) is 14.2 Å². The highest BCUT2D eigenvalue weighted by Crippen LogP contribution is 2.42. The Kier molecular flexibility index (Phi) is 3.91. The third-order valence-electron chi connectivity index (χ3n) is 3.86. The molecule has 2 aromatic carbocycles. The molecular weight excluding hydrogens is 321 g/mol. The van der Waals surface area contributed by atoms with Gasteiger partial charge in [-0.25, -0.2) is 0 Å². The second kappa shape index (κ2) is 5.78. The topological polar surface area (TPSA) is 31.6 Å². The minimum absolute atomic E-state index is 0.538. The molecule has 0 fully saturated rings. The monoisotopic (exact) mass is 336 g/mol. The lowest BCUT2D eigenvalue weighted by Gasteiger charge is -2.09. The number of alkyl halides is 3. The van der Waals surface area contributed by atoms with E-state index in [0.29, 0.717) is 39.4 Å². The molecule has 1 aromatic heterocycles. The smallest absolute Gasteiger partial charge is 0.416 e. The van der Waals surface area contributed by atoms with Crippen LogP contribution in [0.25, 0.3) is 22.1 Å². The number of rotatable bonds is 3. The molecule has 3 nitrogen and oxygen atoms in total. The predicted molar refractivity (Wildman–Crippen MR) is 84.5 cm³/mol. The van der Waals surface area contributed by atoms with Gasteiger partial charge in [-0.05, 0) is 24.6 Å². The Bertz CT molecular complexity index is 877. The quantitative estimate of drug-likeness (QED) is 0.638. The van der Waals surface area contributed by atoms with Crippen molar-refractivity contribution in [2.24, 2.45) is 0 Å². The lowest BCUT2D eigenvalue weighted by molar-refractivity contribution is -0.137. The zero-order chi connectivity index (χ0) is 17.5. The standard InChI is InChI=1S/C18H15F3O3/c1-10-16(11-4-6-12(7-5-11)18(19,20)21)17-14(23-3)8-13(22-2)9-15(17)24-10/h4-9H,1-3H3. The molecule has 0 saturated carbocycles. The molecule has 0 atom stereocenters. The molecule has 3 rings (SSSR count). The molecule has 1 heterocycles. The van der Waals surface area contributed by atoms with E-state index in [1.165, 1.54) is 26.4 Å². The van der Waals surface area contributed by atoms with E-state index in [1.807, 2.05) is 0 Å². The summed E-state index contributed by atoms with van der Waals surface area (Å²) in [4.78, 5) is 0. The minimum atomic E-state index is -4.36. The van der Waals surface area contributed by atoms with Crippen LogP contribution in [0.3, 0.4) is 0 Å². The molecule has 126 valence electrons. The molecule has 0 amide bonds. The van der Waals surface area contributed by atoms with E-state index in [0.717, 1.165) is 12.1 Å². The van der Waals surface area contributed by atoms with Gasteiger partial charge in [0, 0.05) is 17.7 Å². The normalized spacial score (nSPS) is 11.8. The van der Waals surface area contributed by atoms with Crippen molar-refractivity contribution in [2.45, 2.75) is 13.1 Å². The average Bonchev–Trinajstić information content (AvgIpc) is 2.88. The van der Waals surface area contributed by atoms with Crippen molar-refractivity contribution in [2.75, 3.05) is 14.2 Å². The second-order valence-corrected chi connectivity index (χ2v) is 5.31. The highest BCUT2D eigenvalue weighted by molar-refractivity contribution is 6.00. The summed E-state index contributed by atoms with van der Waals surface area (Å²) in [6.07, 6.45) is -4.36. The Morgan fingerprint density at radius 3 is 2.17 bits per heavy atom. The van der Waals surface area contributed by atoms with Crippen molar-refractivity contribution in [1.29, 1.82) is 0 Å². The molecule has 0 saturated heterocycles. The first-order valence-corrected chi connectivity index (χ1v) is 7.18. The van der Waals surface area contributed by atoms with Gasteiger partial charge in [0.2, 0.25) is 0 Å². The van der Waals surface area contributed by atoms with Crippen LogP contribution in [0.1, 0.15) is 11.3 Å². The first-order valence-electron chi connectivity index (χ1n) is 7.18. The molecule has 24 heavy (non-hydrogen) atoms. The number of fused-ring (bicyclic) bond motifs is 1. The molecule has 6 heteroatoms. The summed E-state index contributed by atoms with van der Waals surface area (Å²) in [5.74, 6) is 1.71. The van der Waals surface area contributed by atoms with Gasteiger partial charge >= 0.3 is 6.18 Å². The summed E-state index contributed by atoms with van der Waals surface area (Å²) < 4.78 is 54.6. The number of benzene rings is 2. The maximum Gasteiger partial charge on any atom is 0.416 e. The largest absolute Gasteiger partial charge is 0.496 e. The summed E-state index contributed by atoms with van der Waals surface area (Å²) in [6.45, 7) is 1.76. The van der Waals surface area contributed by atoms with Crippen LogP contribution < -0.4 is 9.47 Å². The Morgan fingerprint density at radius 2 is 1.62 bits per heavy atom. The Balaban J connectivity index is 2.21. The number of aryl methyl sites for hydroxylation is 1. The van der Waals surface area contributed by atoms with Gasteiger partial charge in [-0.1, -0.05) is 12.1 Å². The summed E-state index contributed by atoms with van der Waals surface area (Å²) in [5.41, 5.74) is 1.20. The summed E-state index contributed by atoms with van der Waals surface area (Å²) in [5, 5.41) is 0.704. The second-order valence-electron chi connectivity index (χ2n) is 5.31. The highest BCUT2D eigenvalue weighted by Gasteiger charge is 2.30. The molecule has 3 aromatic rings. The van der Waals surface area contributed by atoms with Gasteiger partial charge in [-0.3, -0.25) is 0 Å². The number of hydrogen-bond donors (Lipinski definition) is 0. The van der Waals surface area contributed by atoms with Crippen molar-refractivity contribution >= 4 is 11.0 Å². The lowest BCUT2D eigenvalue weighted by atomic mass is 10.00. The van der Waals surface area contributed by atoms with Crippen molar-refractivity contribution < 1.29 is 27.1 Å². The van der Waals surface area contributed by atoms with Gasteiger partial charge in [0.05, 0.1) is 25.2 Å². The Labute approximate surface area is 136 Å². The molecule has 0 aliphatic heterocycles. The average molecular weight is 336 g/mol. The molecule has 0 N–H and O–H groups in total. The van der Waals surface area contributed by atoms with Crippen LogP contribution in [-0.2, 0) is 6.18 Å². The van der Waals surface area contributed by atoms with Crippen LogP contribution in [0.5, 0.6) is 11.5 Å². The van der Waals surface area contributed by atoms with E-state index < -0.39 is 11.7 Å². The molecule has 0 spiro atoms. The molecule has 0 bridgehead atoms. The maximum atomic E-state index is 12.7. The Hall–Kier alpha value is -2.63. The van der Waals surface area contributed by atoms with Crippen molar-refractivity contribution in [1.82, 2.24) is 0 Å². The van der Waals surface area contributed by atoms with Crippen LogP contribution in [0.2, 0.25) is 0 Å². The molecular formula is C18H15F3O3. The van der Waals surface area contributed by atoms with Crippen molar-refractivity contribution in [3.63, 3.8) is 0 Å². The van der Waals surface area contributed by atoms with E-state index in [-0.39, 0.29) is 0 Å². The highest BCUT2D eigenvalue weighted by atomic mass is 19.4. The van der Waals surface area contributed by atoms with E-state index >= 15 is 0 Å². The molecule has 0 aliphatic rings. The third kappa shape index (κ3) is 2.68. The lowest BCUT2D eigenvalue weighted by Crippen LogP contribution is -2.04. The van der Waals surface area contributed by atoms with Crippen LogP contribution in [0, 0.1) is 6.92 Å². The fourth-order valence-electron chi connectivity index (χ4n) is 2.74. The van der Waals surface area contributed by atoms with Gasteiger partial charge in [-0.2, -0.15) is 13.2 Å². The third-order valence-corrected chi connectivity index (χ3v) is 3.86. The van der Waals surface area contributed by atoms with Crippen molar-refractivity contribution in [3.8, 4) is 22.6 Å². The van der Waals surface area contributed by atoms with Crippen LogP contribution in [0.4, 0.5) is 13.2 Å². The van der Waals surface area contributed by atoms with E-state index in [9.17, 15) is 13.2 Å². The number of halogens is 3. The van der Waals surface area contributed by atoms with E-state index in [4.69, 9.17) is 13.9 Å². The van der Waals surface area contributed by atoms with Gasteiger partial charge in [0.25, 0.3) is 0 Å². The van der Waals surface area contributed by atoms with Gasteiger partial charge < -0.3 is 13.9 Å². The van der Waals surface area contributed by atoms with Gasteiger partial charge in [0.15, 0.2) is 0 Å². The summed E-state index contributed by atoms with van der Waals surface area (Å²) >= 11 is 0. The molecule has 0 unspecified atom stereocenters. The van der Waals surface area contributed by atoms with E-state index in [1.54, 1.807) is 19.1 Å². The first kappa shape index (κ1) is 16.2. The summed E-state index contributed by atoms with van der Waals surface area (Å²) in [7, 11) is 3.06. The van der Waals surface area contributed by atoms with Crippen molar-refractivity contribution in [3.05, 3.63) is 47.7 Å². The number of ether oxygens (including phenoxy) is 2. The fourth-order valence-corrected chi connectivity index (χ4v) is 2.74. The van der Waals surface area contributed by atoms with Gasteiger partial charge in [0.1, 0.15) is 22.8 Å². The summed E-state index contributed by atoms with van der Waals surface area (Å²) in [6, 6.07) is 8.42. The first-order chi connectivity index (χ1) is 11.3. The predicted octanol–water partition coefficient (Wildman–Crippen LogP) is 5.44. The number of methoxy groups -OCH3 is 2. The van der Waals surface area contributed by atoms with Crippen LogP contribution >= 0.6 is 0 Å². The van der Waals surface area contributed by atoms with Crippen LogP contribution in [0.15, 0.2) is 40.8 Å². The fraction of sp³-hybridized carbons (Fsp3) is 0.222. The van der Waals surface area contributed by atoms with Gasteiger partial charge in [-0.15, -0.1) is 0 Å². The minimum Gasteiger partial charge on any atom is -0.496 e. The zero-order valence-electron chi connectivity index (χ0n) is 13.3. The number of furan rings is 1. The number of hydrogen-bond acceptors (Lipinski definition) is 3. The maximum absolute atomic E-state index is 12.7.